The number of unbranched alkanes of at least 4 members (excludes halogenated alkanes) is 4. The molecule has 0 radical (unpaired) electrons. The molecule has 0 fully saturated rings. The monoisotopic (exact) mass is 268 g/mol. The summed E-state index contributed by atoms with van der Waals surface area (Å²) < 4.78 is 0. The predicted octanol–water partition coefficient (Wildman–Crippen LogP) is 5.11. The van der Waals surface area contributed by atoms with Gasteiger partial charge in [0, 0.05) is 0 Å². The summed E-state index contributed by atoms with van der Waals surface area (Å²) >= 11 is 3.94. The predicted molar refractivity (Wildman–Crippen MR) is 71.2 cm³/mol. The zero-order valence-corrected chi connectivity index (χ0v) is 11.8. The van der Waals surface area contributed by atoms with Gasteiger partial charge in [-0.1, -0.05) is 46.5 Å². The van der Waals surface area contributed by atoms with E-state index in [2.05, 4.69) is 35.6 Å². The molecule has 0 aliphatic carbocycles. The van der Waals surface area contributed by atoms with Gasteiger partial charge < -0.3 is 0 Å². The van der Waals surface area contributed by atoms with E-state index in [0.29, 0.717) is 0 Å². The molecule has 0 atom stereocenters. The Kier molecular flexibility index (Phi) is 8.69. The molecule has 0 aliphatic rings. The van der Waals surface area contributed by atoms with Gasteiger partial charge in [0.2, 0.25) is 0 Å². The van der Waals surface area contributed by atoms with Crippen LogP contribution in [0.25, 0.3) is 0 Å². The van der Waals surface area contributed by atoms with Gasteiger partial charge in [-0.3, -0.25) is 0 Å². The number of halogens is 1. The molecule has 0 N–H and O–H groups in total. The number of hydrogen-bond acceptors (Lipinski definition) is 0. The van der Waals surface area contributed by atoms with Crippen LogP contribution in [0.3, 0.4) is 0 Å². The molecule has 0 aromatic carbocycles. The summed E-state index contributed by atoms with van der Waals surface area (Å²) in [6.07, 6.45) is 7.08. The fraction of sp³-hybridized carbons (Fsp3) is 1.00. The molecule has 0 nitrogen and oxygen atoms in total. The Balaban J connectivity index is 3.39. The summed E-state index contributed by atoms with van der Waals surface area (Å²) in [5, 5.41) is 0. The van der Waals surface area contributed by atoms with E-state index < -0.39 is 0 Å². The lowest BCUT2D eigenvalue weighted by Gasteiger charge is -2.30. The summed E-state index contributed by atoms with van der Waals surface area (Å²) in [4.78, 5) is 0. The molecule has 0 aromatic heterocycles. The first-order valence-electron chi connectivity index (χ1n) is 5.64. The van der Waals surface area contributed by atoms with Crippen molar-refractivity contribution in [1.29, 1.82) is 0 Å². The van der Waals surface area contributed by atoms with Crippen LogP contribution in [0.15, 0.2) is 0 Å². The van der Waals surface area contributed by atoms with Gasteiger partial charge in [0.05, 0.1) is 0 Å². The lowest BCUT2D eigenvalue weighted by molar-refractivity contribution is 0.659. The van der Waals surface area contributed by atoms with E-state index in [1.807, 2.05) is 0 Å². The molecule has 0 unspecified atom stereocenters. The fourth-order valence-electron chi connectivity index (χ4n) is 1.46. The second-order valence-corrected chi connectivity index (χ2v) is 11.2. The molecule has 0 spiro atoms. The Morgan fingerprint density at radius 3 is 1.85 bits per heavy atom. The Labute approximate surface area is 93.4 Å². The minimum Gasteiger partial charge on any atom is -0.184 e. The maximum atomic E-state index is 3.94. The second kappa shape index (κ2) is 8.16. The standard InChI is InChI=1S/C11H25BrS/c1-4-7-8-9-10-11-13(12,5-2)6-3/h4-11H2,1-3H3. The van der Waals surface area contributed by atoms with Crippen LogP contribution in [0, 0.1) is 0 Å². The van der Waals surface area contributed by atoms with Crippen LogP contribution in [-0.2, 0) is 0 Å². The van der Waals surface area contributed by atoms with Gasteiger partial charge in [-0.25, -0.2) is 0 Å². The van der Waals surface area contributed by atoms with Gasteiger partial charge in [0.15, 0.2) is 0 Å². The van der Waals surface area contributed by atoms with Gasteiger partial charge in [-0.2, -0.15) is 8.46 Å². The van der Waals surface area contributed by atoms with Crippen LogP contribution in [0.2, 0.25) is 0 Å². The Morgan fingerprint density at radius 2 is 1.38 bits per heavy atom. The largest absolute Gasteiger partial charge is 0.184 e. The van der Waals surface area contributed by atoms with Crippen molar-refractivity contribution < 1.29 is 0 Å². The summed E-state index contributed by atoms with van der Waals surface area (Å²) in [7, 11) is -0.390. The zero-order valence-electron chi connectivity index (χ0n) is 9.44. The van der Waals surface area contributed by atoms with E-state index in [-0.39, 0.29) is 8.46 Å². The first-order chi connectivity index (χ1) is 6.18. The molecule has 0 saturated heterocycles. The summed E-state index contributed by atoms with van der Waals surface area (Å²) in [5.41, 5.74) is 0. The molecule has 0 heterocycles. The fourth-order valence-corrected chi connectivity index (χ4v) is 3.85. The van der Waals surface area contributed by atoms with Crippen LogP contribution < -0.4 is 0 Å². The van der Waals surface area contributed by atoms with Crippen molar-refractivity contribution >= 4 is 23.3 Å². The second-order valence-electron chi connectivity index (χ2n) is 3.64. The quantitative estimate of drug-likeness (QED) is 0.537. The highest BCUT2D eigenvalue weighted by atomic mass is 79.9. The molecule has 82 valence electrons. The molecular formula is C11H25BrS. The van der Waals surface area contributed by atoms with E-state index in [1.54, 1.807) is 0 Å². The zero-order chi connectivity index (χ0) is 10.2. The van der Waals surface area contributed by atoms with Crippen molar-refractivity contribution in [2.24, 2.45) is 0 Å². The molecular weight excluding hydrogens is 244 g/mol. The van der Waals surface area contributed by atoms with Gasteiger partial charge in [0.1, 0.15) is 0 Å². The molecule has 0 rings (SSSR count). The number of hydrogen-bond donors (Lipinski definition) is 0. The third kappa shape index (κ3) is 6.84. The highest BCUT2D eigenvalue weighted by Crippen LogP contribution is 2.55. The van der Waals surface area contributed by atoms with Gasteiger partial charge in [-0.15, -0.1) is 0 Å². The van der Waals surface area contributed by atoms with E-state index in [0.717, 1.165) is 0 Å². The smallest absolute Gasteiger partial charge is 0.0136 e. The van der Waals surface area contributed by atoms with Crippen LogP contribution in [0.1, 0.15) is 52.9 Å². The van der Waals surface area contributed by atoms with Crippen molar-refractivity contribution in [3.63, 3.8) is 0 Å². The first-order valence-corrected chi connectivity index (χ1v) is 9.62. The molecule has 2 heteroatoms. The maximum Gasteiger partial charge on any atom is -0.0136 e. The van der Waals surface area contributed by atoms with Crippen molar-refractivity contribution in [2.75, 3.05) is 17.3 Å². The van der Waals surface area contributed by atoms with Crippen LogP contribution in [0.4, 0.5) is 0 Å². The molecule has 13 heavy (non-hydrogen) atoms. The summed E-state index contributed by atoms with van der Waals surface area (Å²) in [6, 6.07) is 0. The Bertz CT molecular complexity index is 111. The molecule has 0 saturated carbocycles. The van der Waals surface area contributed by atoms with Crippen LogP contribution in [0.5, 0.6) is 0 Å². The molecule has 0 aromatic rings. The Hall–Kier alpha value is 0.830. The van der Waals surface area contributed by atoms with Gasteiger partial charge in [-0.05, 0) is 38.5 Å². The van der Waals surface area contributed by atoms with Gasteiger partial charge in [0.25, 0.3) is 0 Å². The highest BCUT2D eigenvalue weighted by Gasteiger charge is 2.14. The summed E-state index contributed by atoms with van der Waals surface area (Å²) in [5.74, 6) is 4.12. The molecule has 0 bridgehead atoms. The summed E-state index contributed by atoms with van der Waals surface area (Å²) in [6.45, 7) is 6.91. The SMILES string of the molecule is CCCCCCCS(Br)(CC)CC. The highest BCUT2D eigenvalue weighted by molar-refractivity contribution is 9.58. The van der Waals surface area contributed by atoms with Crippen molar-refractivity contribution in [2.45, 2.75) is 52.9 Å². The first kappa shape index (κ1) is 13.8. The topological polar surface area (TPSA) is 0 Å². The average molecular weight is 269 g/mol. The van der Waals surface area contributed by atoms with E-state index in [4.69, 9.17) is 0 Å². The third-order valence-electron chi connectivity index (χ3n) is 2.65. The van der Waals surface area contributed by atoms with Gasteiger partial charge >= 0.3 is 0 Å². The van der Waals surface area contributed by atoms with E-state index in [9.17, 15) is 0 Å². The lowest BCUT2D eigenvalue weighted by Crippen LogP contribution is -2.03. The minimum absolute atomic E-state index is 0.390. The third-order valence-corrected chi connectivity index (χ3v) is 9.46. The van der Waals surface area contributed by atoms with Crippen molar-refractivity contribution in [3.8, 4) is 0 Å². The normalized spacial score (nSPS) is 13.2. The molecule has 0 amide bonds. The van der Waals surface area contributed by atoms with Crippen LogP contribution in [-0.4, -0.2) is 17.3 Å². The van der Waals surface area contributed by atoms with E-state index >= 15 is 0 Å². The van der Waals surface area contributed by atoms with E-state index in [1.165, 1.54) is 49.4 Å². The molecule has 0 aliphatic heterocycles. The maximum absolute atomic E-state index is 3.94. The lowest BCUT2D eigenvalue weighted by atomic mass is 10.2. The Morgan fingerprint density at radius 1 is 0.846 bits per heavy atom. The van der Waals surface area contributed by atoms with Crippen molar-refractivity contribution in [1.82, 2.24) is 0 Å². The minimum atomic E-state index is -0.390. The van der Waals surface area contributed by atoms with Crippen LogP contribution >= 0.6 is 23.3 Å². The average Bonchev–Trinajstić information content (AvgIpc) is 2.17. The van der Waals surface area contributed by atoms with Crippen molar-refractivity contribution in [3.05, 3.63) is 0 Å². The number of rotatable bonds is 8.